The number of rotatable bonds is 8. The minimum atomic E-state index is -0.629. The third-order valence-electron chi connectivity index (χ3n) is 5.55. The van der Waals surface area contributed by atoms with Crippen molar-refractivity contribution in [2.45, 2.75) is 19.1 Å². The molecule has 1 aliphatic heterocycles. The van der Waals surface area contributed by atoms with Crippen LogP contribution in [0.5, 0.6) is 5.75 Å². The van der Waals surface area contributed by atoms with Crippen molar-refractivity contribution in [3.05, 3.63) is 72.2 Å². The van der Waals surface area contributed by atoms with Gasteiger partial charge in [-0.1, -0.05) is 36.4 Å². The number of β-amino-alcohol motifs (C(OH)–C–C–N with tert-alkyl or cyclic N) is 1. The van der Waals surface area contributed by atoms with E-state index < -0.39 is 6.10 Å². The van der Waals surface area contributed by atoms with Crippen LogP contribution in [-0.4, -0.2) is 57.8 Å². The molecule has 4 rings (SSSR count). The van der Waals surface area contributed by atoms with E-state index >= 15 is 0 Å². The highest BCUT2D eigenvalue weighted by Gasteiger charge is 2.19. The van der Waals surface area contributed by atoms with Crippen molar-refractivity contribution >= 4 is 5.91 Å². The number of nitrogens with one attached hydrogen (secondary N) is 1. The minimum Gasteiger partial charge on any atom is -0.483 e. The average molecular weight is 421 g/mol. The second-order valence-electron chi connectivity index (χ2n) is 7.89. The minimum absolute atomic E-state index is 0.112. The Morgan fingerprint density at radius 2 is 1.97 bits per heavy atom. The molecule has 162 valence electrons. The Labute approximate surface area is 182 Å². The normalized spacial score (nSPS) is 14.6. The maximum Gasteiger partial charge on any atom is 0.258 e. The molecule has 0 spiro atoms. The Morgan fingerprint density at radius 1 is 1.19 bits per heavy atom. The van der Waals surface area contributed by atoms with E-state index in [-0.39, 0.29) is 19.1 Å². The summed E-state index contributed by atoms with van der Waals surface area (Å²) in [5.74, 6) is 0.358. The van der Waals surface area contributed by atoms with Gasteiger partial charge in [0.2, 0.25) is 0 Å². The van der Waals surface area contributed by atoms with Crippen LogP contribution in [0.4, 0.5) is 0 Å². The van der Waals surface area contributed by atoms with E-state index in [1.54, 1.807) is 12.5 Å². The summed E-state index contributed by atoms with van der Waals surface area (Å²) in [6, 6.07) is 16.0. The highest BCUT2D eigenvalue weighted by Crippen LogP contribution is 2.29. The molecule has 1 unspecified atom stereocenters. The van der Waals surface area contributed by atoms with E-state index in [4.69, 9.17) is 4.74 Å². The number of hydrogen-bond donors (Lipinski definition) is 2. The number of aliphatic hydroxyl groups excluding tert-OH is 1. The summed E-state index contributed by atoms with van der Waals surface area (Å²) in [6.45, 7) is 2.35. The maximum absolute atomic E-state index is 12.3. The number of fused-ring (bicyclic) bond motifs is 1. The fourth-order valence-corrected chi connectivity index (χ4v) is 3.92. The molecule has 2 heterocycles. The first-order valence-corrected chi connectivity index (χ1v) is 10.5. The van der Waals surface area contributed by atoms with Gasteiger partial charge in [-0.25, -0.2) is 4.98 Å². The van der Waals surface area contributed by atoms with Crippen LogP contribution in [0.25, 0.3) is 11.3 Å². The van der Waals surface area contributed by atoms with Gasteiger partial charge in [-0.2, -0.15) is 0 Å². The first-order valence-electron chi connectivity index (χ1n) is 10.5. The van der Waals surface area contributed by atoms with E-state index in [0.717, 1.165) is 30.8 Å². The van der Waals surface area contributed by atoms with Gasteiger partial charge < -0.3 is 19.7 Å². The van der Waals surface area contributed by atoms with E-state index in [9.17, 15) is 9.90 Å². The zero-order valence-electron chi connectivity index (χ0n) is 17.7. The molecule has 3 aromatic rings. The van der Waals surface area contributed by atoms with Crippen LogP contribution in [0.3, 0.4) is 0 Å². The summed E-state index contributed by atoms with van der Waals surface area (Å²) >= 11 is 0. The van der Waals surface area contributed by atoms with E-state index in [1.807, 2.05) is 41.9 Å². The molecule has 7 heteroatoms. The molecule has 2 N–H and O–H groups in total. The van der Waals surface area contributed by atoms with Crippen molar-refractivity contribution in [1.82, 2.24) is 19.8 Å². The third-order valence-corrected chi connectivity index (χ3v) is 5.55. The number of ether oxygens (including phenoxy) is 1. The van der Waals surface area contributed by atoms with E-state index in [0.29, 0.717) is 12.3 Å². The van der Waals surface area contributed by atoms with E-state index in [2.05, 4.69) is 33.4 Å². The first kappa shape index (κ1) is 21.1. The topological polar surface area (TPSA) is 79.6 Å². The number of carbonyl (C=O) groups is 1. The number of nitrogens with zero attached hydrogens (tertiary/aromatic N) is 3. The van der Waals surface area contributed by atoms with Gasteiger partial charge in [0.15, 0.2) is 6.61 Å². The fourth-order valence-electron chi connectivity index (χ4n) is 3.92. The average Bonchev–Trinajstić information content (AvgIpc) is 3.22. The lowest BCUT2D eigenvalue weighted by Crippen LogP contribution is -2.42. The SMILES string of the molecule is Cn1cncc1-c1ccccc1OCC(=O)NCC(O)CN1CCc2ccccc2C1. The molecule has 0 bridgehead atoms. The number of carbonyl (C=O) groups excluding carboxylic acids is 1. The number of aromatic nitrogens is 2. The zero-order valence-corrected chi connectivity index (χ0v) is 17.7. The van der Waals surface area contributed by atoms with Gasteiger partial charge in [0.05, 0.1) is 24.3 Å². The quantitative estimate of drug-likeness (QED) is 0.583. The Morgan fingerprint density at radius 3 is 2.77 bits per heavy atom. The lowest BCUT2D eigenvalue weighted by Gasteiger charge is -2.30. The Balaban J connectivity index is 1.24. The fraction of sp³-hybridized carbons (Fsp3) is 0.333. The molecular formula is C24H28N4O3. The molecule has 1 aliphatic rings. The van der Waals surface area contributed by atoms with E-state index in [1.165, 1.54) is 11.1 Å². The van der Waals surface area contributed by atoms with Gasteiger partial charge >= 0.3 is 0 Å². The number of hydrogen-bond acceptors (Lipinski definition) is 5. The summed E-state index contributed by atoms with van der Waals surface area (Å²) in [7, 11) is 1.91. The Hall–Kier alpha value is -3.16. The number of amides is 1. The smallest absolute Gasteiger partial charge is 0.258 e. The lowest BCUT2D eigenvalue weighted by atomic mass is 10.00. The van der Waals surface area contributed by atoms with Gasteiger partial charge in [-0.05, 0) is 29.7 Å². The summed E-state index contributed by atoms with van der Waals surface area (Å²) in [6.07, 6.45) is 3.84. The van der Waals surface area contributed by atoms with Crippen molar-refractivity contribution in [3.63, 3.8) is 0 Å². The van der Waals surface area contributed by atoms with Crippen molar-refractivity contribution < 1.29 is 14.6 Å². The molecule has 2 aromatic carbocycles. The second-order valence-corrected chi connectivity index (χ2v) is 7.89. The standard InChI is InChI=1S/C24H28N4O3/c1-27-17-25-13-22(27)21-8-4-5-9-23(21)31-16-24(30)26-12-20(29)15-28-11-10-18-6-2-3-7-19(18)14-28/h2-9,13,17,20,29H,10-12,14-16H2,1H3,(H,26,30). The summed E-state index contributed by atoms with van der Waals surface area (Å²) in [5, 5.41) is 13.1. The van der Waals surface area contributed by atoms with Crippen molar-refractivity contribution in [1.29, 1.82) is 0 Å². The highest BCUT2D eigenvalue weighted by atomic mass is 16.5. The first-order chi connectivity index (χ1) is 15.1. The predicted molar refractivity (Wildman–Crippen MR) is 119 cm³/mol. The van der Waals surface area contributed by atoms with Crippen LogP contribution in [0.1, 0.15) is 11.1 Å². The number of aliphatic hydroxyl groups is 1. The molecule has 0 saturated heterocycles. The number of benzene rings is 2. The van der Waals surface area contributed by atoms with Gasteiger partial charge in [-0.15, -0.1) is 0 Å². The van der Waals surface area contributed by atoms with Crippen LogP contribution < -0.4 is 10.1 Å². The monoisotopic (exact) mass is 420 g/mol. The Bertz CT molecular complexity index is 1030. The van der Waals surface area contributed by atoms with Gasteiger partial charge in [0.1, 0.15) is 5.75 Å². The molecule has 1 atom stereocenters. The second kappa shape index (κ2) is 9.76. The van der Waals surface area contributed by atoms with Crippen molar-refractivity contribution in [3.8, 4) is 17.0 Å². The van der Waals surface area contributed by atoms with Crippen molar-refractivity contribution in [2.75, 3.05) is 26.2 Å². The molecular weight excluding hydrogens is 392 g/mol. The molecule has 0 aliphatic carbocycles. The molecule has 0 radical (unpaired) electrons. The molecule has 0 saturated carbocycles. The molecule has 1 amide bonds. The zero-order chi connectivity index (χ0) is 21.6. The summed E-state index contributed by atoms with van der Waals surface area (Å²) in [5.41, 5.74) is 4.48. The van der Waals surface area contributed by atoms with Gasteiger partial charge in [0, 0.05) is 38.8 Å². The lowest BCUT2D eigenvalue weighted by molar-refractivity contribution is -0.123. The molecule has 1 aromatic heterocycles. The van der Waals surface area contributed by atoms with Crippen LogP contribution in [0.15, 0.2) is 61.1 Å². The summed E-state index contributed by atoms with van der Waals surface area (Å²) < 4.78 is 7.65. The third kappa shape index (κ3) is 5.31. The largest absolute Gasteiger partial charge is 0.483 e. The van der Waals surface area contributed by atoms with Crippen LogP contribution in [-0.2, 0) is 24.8 Å². The van der Waals surface area contributed by atoms with Gasteiger partial charge in [0.25, 0.3) is 5.91 Å². The van der Waals surface area contributed by atoms with Crippen LogP contribution >= 0.6 is 0 Å². The number of para-hydroxylation sites is 1. The number of imidazole rings is 1. The molecule has 0 fully saturated rings. The molecule has 7 nitrogen and oxygen atoms in total. The predicted octanol–water partition coefficient (Wildman–Crippen LogP) is 2.00. The van der Waals surface area contributed by atoms with Crippen LogP contribution in [0.2, 0.25) is 0 Å². The highest BCUT2D eigenvalue weighted by molar-refractivity contribution is 5.78. The maximum atomic E-state index is 12.3. The van der Waals surface area contributed by atoms with Crippen LogP contribution in [0, 0.1) is 0 Å². The molecule has 31 heavy (non-hydrogen) atoms. The Kier molecular flexibility index (Phi) is 6.64. The van der Waals surface area contributed by atoms with Crippen molar-refractivity contribution in [2.24, 2.45) is 7.05 Å². The number of aryl methyl sites for hydroxylation is 1. The van der Waals surface area contributed by atoms with Gasteiger partial charge in [-0.3, -0.25) is 9.69 Å². The summed E-state index contributed by atoms with van der Waals surface area (Å²) in [4.78, 5) is 18.6.